The van der Waals surface area contributed by atoms with Crippen LogP contribution in [-0.4, -0.2) is 23.9 Å². The molecule has 7 heteroatoms. The topological polar surface area (TPSA) is 57.2 Å². The van der Waals surface area contributed by atoms with Gasteiger partial charge >= 0.3 is 20.4 Å². The summed E-state index contributed by atoms with van der Waals surface area (Å²) in [4.78, 5) is 14.6. The SMILES string of the molecule is CC(C)n1c(-c2[c-]c(Oc3[c-]c4c(cc3)c3cccnc3n3c5ccccc5nc43)ccc2)nc2ccccc21.[Pd+2]. The number of rotatable bonds is 4. The second-order valence-corrected chi connectivity index (χ2v) is 10.2. The van der Waals surface area contributed by atoms with Gasteiger partial charge in [-0.1, -0.05) is 59.3 Å². The summed E-state index contributed by atoms with van der Waals surface area (Å²) in [7, 11) is 0. The Morgan fingerprint density at radius 1 is 0.683 bits per heavy atom. The normalized spacial score (nSPS) is 11.7. The van der Waals surface area contributed by atoms with E-state index in [4.69, 9.17) is 19.7 Å². The third-order valence-corrected chi connectivity index (χ3v) is 7.33. The number of imidazole rings is 2. The van der Waals surface area contributed by atoms with Crippen molar-refractivity contribution in [2.24, 2.45) is 0 Å². The summed E-state index contributed by atoms with van der Waals surface area (Å²) < 4.78 is 10.7. The zero-order valence-electron chi connectivity index (χ0n) is 22.3. The largest absolute Gasteiger partial charge is 2.00 e. The summed E-state index contributed by atoms with van der Waals surface area (Å²) in [6, 6.07) is 37.5. The van der Waals surface area contributed by atoms with Crippen LogP contribution in [0.15, 0.2) is 97.2 Å². The van der Waals surface area contributed by atoms with Crippen LogP contribution in [0.5, 0.6) is 11.5 Å². The summed E-state index contributed by atoms with van der Waals surface area (Å²) in [5, 5.41) is 2.95. The first-order valence-corrected chi connectivity index (χ1v) is 13.3. The van der Waals surface area contributed by atoms with Gasteiger partial charge < -0.3 is 13.7 Å². The average molecular weight is 624 g/mol. The molecule has 0 aliphatic rings. The van der Waals surface area contributed by atoms with Gasteiger partial charge in [0.1, 0.15) is 5.65 Å². The molecule has 0 N–H and O–H groups in total. The molecule has 4 aromatic heterocycles. The van der Waals surface area contributed by atoms with Gasteiger partial charge in [-0.25, -0.2) is 4.98 Å². The van der Waals surface area contributed by atoms with Crippen LogP contribution in [0, 0.1) is 12.1 Å². The smallest absolute Gasteiger partial charge is 0.497 e. The third kappa shape index (κ3) is 4.01. The van der Waals surface area contributed by atoms with Gasteiger partial charge in [-0.05, 0) is 49.6 Å². The van der Waals surface area contributed by atoms with E-state index in [9.17, 15) is 0 Å². The zero-order chi connectivity index (χ0) is 26.8. The van der Waals surface area contributed by atoms with E-state index in [1.165, 1.54) is 0 Å². The number of aromatic nitrogens is 5. The molecule has 0 aliphatic heterocycles. The van der Waals surface area contributed by atoms with E-state index in [2.05, 4.69) is 59.2 Å². The Labute approximate surface area is 249 Å². The minimum Gasteiger partial charge on any atom is -0.497 e. The van der Waals surface area contributed by atoms with E-state index in [0.29, 0.717) is 11.5 Å². The van der Waals surface area contributed by atoms with Gasteiger partial charge in [-0.2, -0.15) is 0 Å². The van der Waals surface area contributed by atoms with E-state index in [-0.39, 0.29) is 26.5 Å². The van der Waals surface area contributed by atoms with Crippen molar-refractivity contribution < 1.29 is 25.2 Å². The Hall–Kier alpha value is -4.57. The Bertz CT molecular complexity index is 2250. The fourth-order valence-corrected chi connectivity index (χ4v) is 5.64. The van der Waals surface area contributed by atoms with Crippen molar-refractivity contribution in [3.05, 3.63) is 109 Å². The molecule has 0 radical (unpaired) electrons. The molecule has 8 aromatic rings. The summed E-state index contributed by atoms with van der Waals surface area (Å²) in [6.07, 6.45) is 1.82. The molecule has 0 bridgehead atoms. The Kier molecular flexibility index (Phi) is 6.08. The van der Waals surface area contributed by atoms with Crippen LogP contribution in [-0.2, 0) is 20.4 Å². The van der Waals surface area contributed by atoms with Gasteiger partial charge in [0, 0.05) is 23.7 Å². The van der Waals surface area contributed by atoms with E-state index < -0.39 is 0 Å². The first-order valence-electron chi connectivity index (χ1n) is 13.3. The van der Waals surface area contributed by atoms with E-state index >= 15 is 0 Å². The number of para-hydroxylation sites is 4. The van der Waals surface area contributed by atoms with Gasteiger partial charge in [0.25, 0.3) is 0 Å². The number of hydrogen-bond donors (Lipinski definition) is 0. The molecule has 0 saturated carbocycles. The van der Waals surface area contributed by atoms with Crippen molar-refractivity contribution in [2.45, 2.75) is 19.9 Å². The van der Waals surface area contributed by atoms with Crippen LogP contribution in [0.2, 0.25) is 0 Å². The maximum atomic E-state index is 6.36. The predicted molar refractivity (Wildman–Crippen MR) is 159 cm³/mol. The van der Waals surface area contributed by atoms with Crippen molar-refractivity contribution in [3.8, 4) is 22.9 Å². The first-order chi connectivity index (χ1) is 19.7. The molecule has 41 heavy (non-hydrogen) atoms. The van der Waals surface area contributed by atoms with Crippen molar-refractivity contribution in [2.75, 3.05) is 0 Å². The number of ether oxygens (including phenoxy) is 1. The first kappa shape index (κ1) is 25.4. The fourth-order valence-electron chi connectivity index (χ4n) is 5.64. The molecule has 6 nitrogen and oxygen atoms in total. The predicted octanol–water partition coefficient (Wildman–Crippen LogP) is 8.18. The molecule has 4 heterocycles. The Morgan fingerprint density at radius 2 is 1.44 bits per heavy atom. The fraction of sp³-hybridized carbons (Fsp3) is 0.0882. The number of benzene rings is 4. The van der Waals surface area contributed by atoms with Gasteiger partial charge in [-0.3, -0.25) is 9.97 Å². The zero-order valence-corrected chi connectivity index (χ0v) is 23.8. The van der Waals surface area contributed by atoms with Crippen molar-refractivity contribution in [1.82, 2.24) is 23.9 Å². The second kappa shape index (κ2) is 9.81. The molecule has 0 spiro atoms. The maximum absolute atomic E-state index is 6.36. The molecular formula is C34H23N5OPd. The molecule has 4 aromatic carbocycles. The molecule has 0 unspecified atom stereocenters. The van der Waals surface area contributed by atoms with Crippen LogP contribution in [0.4, 0.5) is 0 Å². The van der Waals surface area contributed by atoms with E-state index in [1.54, 1.807) is 0 Å². The van der Waals surface area contributed by atoms with Crippen molar-refractivity contribution in [3.63, 3.8) is 0 Å². The second-order valence-electron chi connectivity index (χ2n) is 10.2. The molecule has 0 aliphatic carbocycles. The molecule has 0 fully saturated rings. The molecular weight excluding hydrogens is 601 g/mol. The molecule has 200 valence electrons. The van der Waals surface area contributed by atoms with Crippen LogP contribution in [0.1, 0.15) is 19.9 Å². The Balaban J connectivity index is 0.00000276. The number of fused-ring (bicyclic) bond motifs is 9. The monoisotopic (exact) mass is 623 g/mol. The van der Waals surface area contributed by atoms with Crippen molar-refractivity contribution >= 4 is 49.5 Å². The molecule has 0 saturated heterocycles. The van der Waals surface area contributed by atoms with E-state index in [1.807, 2.05) is 72.9 Å². The van der Waals surface area contributed by atoms with Crippen LogP contribution < -0.4 is 4.74 Å². The van der Waals surface area contributed by atoms with Gasteiger partial charge in [0.05, 0.1) is 33.5 Å². The van der Waals surface area contributed by atoms with Gasteiger partial charge in [0.2, 0.25) is 0 Å². The minimum absolute atomic E-state index is 0. The number of pyridine rings is 2. The number of hydrogen-bond acceptors (Lipinski definition) is 4. The Morgan fingerprint density at radius 3 is 2.27 bits per heavy atom. The average Bonchev–Trinajstić information content (AvgIpc) is 3.57. The van der Waals surface area contributed by atoms with E-state index in [0.717, 1.165) is 60.9 Å². The summed E-state index contributed by atoms with van der Waals surface area (Å²) in [5.41, 5.74) is 6.54. The van der Waals surface area contributed by atoms with Gasteiger partial charge in [0.15, 0.2) is 0 Å². The van der Waals surface area contributed by atoms with Crippen LogP contribution in [0.3, 0.4) is 0 Å². The quantitative estimate of drug-likeness (QED) is 0.113. The van der Waals surface area contributed by atoms with Crippen molar-refractivity contribution in [1.29, 1.82) is 0 Å². The van der Waals surface area contributed by atoms with Gasteiger partial charge in [-0.15, -0.1) is 29.8 Å². The number of nitrogens with zero attached hydrogens (tertiary/aromatic N) is 5. The molecule has 0 amide bonds. The summed E-state index contributed by atoms with van der Waals surface area (Å²) in [5.74, 6) is 2.06. The standard InChI is InChI=1S/C34H23N5O.Pd/c1-21(2)38-30-14-5-3-12-28(30)36-32(38)22-9-7-10-23(19-22)40-24-16-17-25-26-11-8-18-35-33(26)39-31-15-6-4-13-29(31)37-34(39)27(25)20-24;/h3-18,21H,1-2H3;/q-2;+2. The molecule has 8 rings (SSSR count). The third-order valence-electron chi connectivity index (χ3n) is 7.33. The molecule has 0 atom stereocenters. The maximum Gasteiger partial charge on any atom is 2.00 e. The minimum atomic E-state index is 0. The summed E-state index contributed by atoms with van der Waals surface area (Å²) in [6.45, 7) is 4.34. The van der Waals surface area contributed by atoms with Crippen LogP contribution >= 0.6 is 0 Å². The van der Waals surface area contributed by atoms with Crippen LogP contribution in [0.25, 0.3) is 60.9 Å². The summed E-state index contributed by atoms with van der Waals surface area (Å²) >= 11 is 0.